The number of benzene rings is 2. The highest BCUT2D eigenvalue weighted by atomic mass is 16.2. The van der Waals surface area contributed by atoms with Gasteiger partial charge in [0.25, 0.3) is 0 Å². The fourth-order valence-electron chi connectivity index (χ4n) is 2.18. The van der Waals surface area contributed by atoms with Crippen LogP contribution in [0.5, 0.6) is 0 Å². The molecule has 0 aliphatic heterocycles. The predicted octanol–water partition coefficient (Wildman–Crippen LogP) is 5.08. The highest BCUT2D eigenvalue weighted by Gasteiger charge is 2.03. The number of carbonyl (C=O) groups excluding carboxylic acids is 1. The molecule has 2 aromatic carbocycles. The maximum absolute atomic E-state index is 11.6. The lowest BCUT2D eigenvalue weighted by Gasteiger charge is -2.12. The Morgan fingerprint density at radius 3 is 1.74 bits per heavy atom. The summed E-state index contributed by atoms with van der Waals surface area (Å²) in [6.45, 7) is 8.22. The summed E-state index contributed by atoms with van der Waals surface area (Å²) in [4.78, 5) is 11.6. The molecule has 0 saturated heterocycles. The van der Waals surface area contributed by atoms with Gasteiger partial charge in [-0.2, -0.15) is 0 Å². The van der Waals surface area contributed by atoms with Crippen LogP contribution in [0.15, 0.2) is 48.5 Å². The van der Waals surface area contributed by atoms with Crippen molar-refractivity contribution in [3.63, 3.8) is 0 Å². The van der Waals surface area contributed by atoms with Crippen LogP contribution in [0.25, 0.3) is 0 Å². The van der Waals surface area contributed by atoms with Crippen LogP contribution in [0.3, 0.4) is 0 Å². The van der Waals surface area contributed by atoms with Crippen molar-refractivity contribution >= 4 is 23.1 Å². The van der Waals surface area contributed by atoms with Gasteiger partial charge in [0, 0.05) is 23.1 Å². The Balaban J connectivity index is 1.95. The van der Waals surface area contributed by atoms with E-state index in [1.807, 2.05) is 38.1 Å². The summed E-state index contributed by atoms with van der Waals surface area (Å²) >= 11 is 0. The normalized spacial score (nSPS) is 10.7. The number of hydrogen-bond acceptors (Lipinski definition) is 2. The molecular formula is C19H25N3O. The molecule has 2 amide bonds. The third-order valence-electron chi connectivity index (χ3n) is 3.43. The number of nitrogens with one attached hydrogen (secondary N) is 3. The van der Waals surface area contributed by atoms with Gasteiger partial charge in [0.1, 0.15) is 0 Å². The van der Waals surface area contributed by atoms with Gasteiger partial charge in [-0.3, -0.25) is 0 Å². The number of urea groups is 1. The van der Waals surface area contributed by atoms with E-state index in [4.69, 9.17) is 0 Å². The molecule has 0 fully saturated rings. The lowest BCUT2D eigenvalue weighted by molar-refractivity contribution is 0.250. The van der Waals surface area contributed by atoms with Gasteiger partial charge in [0.15, 0.2) is 0 Å². The van der Waals surface area contributed by atoms with E-state index in [9.17, 15) is 4.79 Å². The predicted molar refractivity (Wildman–Crippen MR) is 97.5 cm³/mol. The molecule has 0 aliphatic rings. The zero-order valence-corrected chi connectivity index (χ0v) is 14.2. The Kier molecular flexibility index (Phi) is 5.63. The van der Waals surface area contributed by atoms with Gasteiger partial charge in [-0.25, -0.2) is 4.79 Å². The fraction of sp³-hybridized carbons (Fsp3) is 0.316. The van der Waals surface area contributed by atoms with Crippen molar-refractivity contribution in [2.45, 2.75) is 39.7 Å². The molecule has 4 nitrogen and oxygen atoms in total. The molecule has 2 rings (SSSR count). The SMILES string of the molecule is CC(C)NC(=O)Nc1ccc(Nc2ccc(C(C)C)cc2)cc1. The van der Waals surface area contributed by atoms with E-state index in [0.717, 1.165) is 17.1 Å². The number of amides is 2. The molecule has 122 valence electrons. The molecule has 0 aliphatic carbocycles. The van der Waals surface area contributed by atoms with Crippen LogP contribution < -0.4 is 16.0 Å². The Morgan fingerprint density at radius 1 is 0.783 bits per heavy atom. The van der Waals surface area contributed by atoms with Crippen molar-refractivity contribution in [3.05, 3.63) is 54.1 Å². The molecule has 4 heteroatoms. The Labute approximate surface area is 138 Å². The lowest BCUT2D eigenvalue weighted by Crippen LogP contribution is -2.34. The Hall–Kier alpha value is -2.49. The first-order chi connectivity index (χ1) is 10.9. The van der Waals surface area contributed by atoms with Crippen molar-refractivity contribution in [3.8, 4) is 0 Å². The van der Waals surface area contributed by atoms with E-state index in [1.54, 1.807) is 0 Å². The molecule has 0 atom stereocenters. The van der Waals surface area contributed by atoms with Crippen molar-refractivity contribution in [2.24, 2.45) is 0 Å². The average Bonchev–Trinajstić information content (AvgIpc) is 2.49. The third kappa shape index (κ3) is 5.33. The van der Waals surface area contributed by atoms with Gasteiger partial charge in [-0.15, -0.1) is 0 Å². The van der Waals surface area contributed by atoms with Crippen LogP contribution in [-0.4, -0.2) is 12.1 Å². The first-order valence-electron chi connectivity index (χ1n) is 7.98. The maximum atomic E-state index is 11.6. The van der Waals surface area contributed by atoms with Gasteiger partial charge >= 0.3 is 6.03 Å². The summed E-state index contributed by atoms with van der Waals surface area (Å²) in [5.41, 5.74) is 4.12. The van der Waals surface area contributed by atoms with Crippen LogP contribution in [-0.2, 0) is 0 Å². The fourth-order valence-corrected chi connectivity index (χ4v) is 2.18. The van der Waals surface area contributed by atoms with Crippen molar-refractivity contribution < 1.29 is 4.79 Å². The third-order valence-corrected chi connectivity index (χ3v) is 3.43. The summed E-state index contributed by atoms with van der Waals surface area (Å²) in [7, 11) is 0. The van der Waals surface area contributed by atoms with E-state index in [-0.39, 0.29) is 12.1 Å². The molecule has 0 heterocycles. The molecule has 2 aromatic rings. The minimum Gasteiger partial charge on any atom is -0.356 e. The molecule has 0 unspecified atom stereocenters. The topological polar surface area (TPSA) is 53.2 Å². The van der Waals surface area contributed by atoms with Crippen molar-refractivity contribution in [1.29, 1.82) is 0 Å². The summed E-state index contributed by atoms with van der Waals surface area (Å²) < 4.78 is 0. The number of anilines is 3. The molecule has 3 N–H and O–H groups in total. The standard InChI is InChI=1S/C19H25N3O/c1-13(2)15-5-7-16(8-6-15)21-17-9-11-18(12-10-17)22-19(23)20-14(3)4/h5-14,21H,1-4H3,(H2,20,22,23). The van der Waals surface area contributed by atoms with E-state index in [0.29, 0.717) is 5.92 Å². The Morgan fingerprint density at radius 2 is 1.26 bits per heavy atom. The number of hydrogen-bond donors (Lipinski definition) is 3. The molecule has 0 bridgehead atoms. The first-order valence-corrected chi connectivity index (χ1v) is 7.98. The summed E-state index contributed by atoms with van der Waals surface area (Å²) in [5, 5.41) is 8.96. The van der Waals surface area contributed by atoms with Crippen LogP contribution in [0.2, 0.25) is 0 Å². The minimum atomic E-state index is -0.190. The van der Waals surface area contributed by atoms with Gasteiger partial charge < -0.3 is 16.0 Å². The zero-order valence-electron chi connectivity index (χ0n) is 14.2. The largest absolute Gasteiger partial charge is 0.356 e. The molecule has 23 heavy (non-hydrogen) atoms. The first kappa shape index (κ1) is 16.9. The highest BCUT2D eigenvalue weighted by Crippen LogP contribution is 2.21. The van der Waals surface area contributed by atoms with Gasteiger partial charge in [0.2, 0.25) is 0 Å². The van der Waals surface area contributed by atoms with Crippen LogP contribution in [0, 0.1) is 0 Å². The molecule has 0 spiro atoms. The summed E-state index contributed by atoms with van der Waals surface area (Å²) in [6, 6.07) is 16.0. The van der Waals surface area contributed by atoms with Crippen molar-refractivity contribution in [1.82, 2.24) is 5.32 Å². The monoisotopic (exact) mass is 311 g/mol. The second-order valence-corrected chi connectivity index (χ2v) is 6.23. The summed E-state index contributed by atoms with van der Waals surface area (Å²) in [5.74, 6) is 0.534. The maximum Gasteiger partial charge on any atom is 0.319 e. The quantitative estimate of drug-likeness (QED) is 0.721. The van der Waals surface area contributed by atoms with Gasteiger partial charge in [0.05, 0.1) is 0 Å². The smallest absolute Gasteiger partial charge is 0.319 e. The number of rotatable bonds is 5. The molecule has 0 saturated carbocycles. The second kappa shape index (κ2) is 7.68. The molecule has 0 radical (unpaired) electrons. The Bertz CT molecular complexity index is 631. The highest BCUT2D eigenvalue weighted by molar-refractivity contribution is 5.89. The van der Waals surface area contributed by atoms with E-state index < -0.39 is 0 Å². The summed E-state index contributed by atoms with van der Waals surface area (Å²) in [6.07, 6.45) is 0. The molecule has 0 aromatic heterocycles. The number of carbonyl (C=O) groups is 1. The van der Waals surface area contributed by atoms with Gasteiger partial charge in [-0.1, -0.05) is 26.0 Å². The van der Waals surface area contributed by atoms with Crippen LogP contribution in [0.1, 0.15) is 39.2 Å². The van der Waals surface area contributed by atoms with Crippen molar-refractivity contribution in [2.75, 3.05) is 10.6 Å². The zero-order chi connectivity index (χ0) is 16.8. The van der Waals surface area contributed by atoms with Crippen LogP contribution in [0.4, 0.5) is 21.9 Å². The van der Waals surface area contributed by atoms with Crippen LogP contribution >= 0.6 is 0 Å². The minimum absolute atomic E-state index is 0.116. The second-order valence-electron chi connectivity index (χ2n) is 6.23. The van der Waals surface area contributed by atoms with Gasteiger partial charge in [-0.05, 0) is 61.7 Å². The van der Waals surface area contributed by atoms with E-state index >= 15 is 0 Å². The average molecular weight is 311 g/mol. The van der Waals surface area contributed by atoms with E-state index in [2.05, 4.69) is 54.1 Å². The lowest BCUT2D eigenvalue weighted by atomic mass is 10.0. The van der Waals surface area contributed by atoms with E-state index in [1.165, 1.54) is 5.56 Å². The molecular weight excluding hydrogens is 286 g/mol.